The van der Waals surface area contributed by atoms with Crippen molar-refractivity contribution < 1.29 is 9.53 Å². The van der Waals surface area contributed by atoms with E-state index in [2.05, 4.69) is 13.5 Å². The summed E-state index contributed by atoms with van der Waals surface area (Å²) in [6.07, 6.45) is 19.4. The third kappa shape index (κ3) is 17.2. The number of unbranched alkanes of at least 4 members (excludes halogenated alkanes) is 12. The second-order valence-electron chi connectivity index (χ2n) is 5.96. The van der Waals surface area contributed by atoms with Crippen molar-refractivity contribution in [3.8, 4) is 0 Å². The number of esters is 1. The SMILES string of the molecule is C=CCOC(=O)CCCCCCCCCCCCCCC. The number of carbonyl (C=O) groups is 1. The van der Waals surface area contributed by atoms with Gasteiger partial charge in [0, 0.05) is 6.42 Å². The lowest BCUT2D eigenvalue weighted by Crippen LogP contribution is -2.03. The fourth-order valence-electron chi connectivity index (χ4n) is 2.51. The van der Waals surface area contributed by atoms with Crippen LogP contribution in [0.25, 0.3) is 0 Å². The summed E-state index contributed by atoms with van der Waals surface area (Å²) in [6.45, 7) is 6.14. The lowest BCUT2D eigenvalue weighted by molar-refractivity contribution is -0.142. The van der Waals surface area contributed by atoms with Gasteiger partial charge in [0.15, 0.2) is 0 Å². The normalized spacial score (nSPS) is 10.5. The highest BCUT2D eigenvalue weighted by atomic mass is 16.5. The molecule has 0 aliphatic carbocycles. The molecule has 0 aromatic carbocycles. The maximum Gasteiger partial charge on any atom is 0.306 e. The van der Waals surface area contributed by atoms with Crippen LogP contribution in [0.1, 0.15) is 96.8 Å². The molecule has 2 nitrogen and oxygen atoms in total. The zero-order valence-corrected chi connectivity index (χ0v) is 14.2. The average molecular weight is 296 g/mol. The molecule has 0 aromatic rings. The molecule has 2 heteroatoms. The van der Waals surface area contributed by atoms with Crippen LogP contribution in [-0.2, 0) is 9.53 Å². The second kappa shape index (κ2) is 17.3. The Labute approximate surface area is 132 Å². The molecule has 0 amide bonds. The van der Waals surface area contributed by atoms with Gasteiger partial charge in [-0.15, -0.1) is 0 Å². The van der Waals surface area contributed by atoms with E-state index < -0.39 is 0 Å². The number of hydrogen-bond donors (Lipinski definition) is 0. The van der Waals surface area contributed by atoms with Gasteiger partial charge in [-0.25, -0.2) is 0 Å². The van der Waals surface area contributed by atoms with Gasteiger partial charge in [0.05, 0.1) is 0 Å². The molecule has 0 saturated carbocycles. The molecule has 0 N–H and O–H groups in total. The van der Waals surface area contributed by atoms with Crippen molar-refractivity contribution in [3.63, 3.8) is 0 Å². The summed E-state index contributed by atoms with van der Waals surface area (Å²) >= 11 is 0. The van der Waals surface area contributed by atoms with Crippen molar-refractivity contribution in [1.82, 2.24) is 0 Å². The predicted molar refractivity (Wildman–Crippen MR) is 91.5 cm³/mol. The quantitative estimate of drug-likeness (QED) is 0.193. The van der Waals surface area contributed by atoms with Gasteiger partial charge in [-0.3, -0.25) is 4.79 Å². The second-order valence-corrected chi connectivity index (χ2v) is 5.96. The van der Waals surface area contributed by atoms with E-state index in [-0.39, 0.29) is 5.97 Å². The molecule has 0 fully saturated rings. The van der Waals surface area contributed by atoms with Crippen LogP contribution in [0, 0.1) is 0 Å². The van der Waals surface area contributed by atoms with Crippen LogP contribution in [0.4, 0.5) is 0 Å². The third-order valence-corrected chi connectivity index (χ3v) is 3.85. The van der Waals surface area contributed by atoms with E-state index >= 15 is 0 Å². The standard InChI is InChI=1S/C19H36O2/c1-3-5-6-7-8-9-10-11-12-13-14-15-16-17-19(20)21-18-4-2/h4H,2-3,5-18H2,1H3. The molecule has 0 aliphatic rings. The van der Waals surface area contributed by atoms with Gasteiger partial charge < -0.3 is 4.74 Å². The van der Waals surface area contributed by atoms with Crippen LogP contribution in [0.5, 0.6) is 0 Å². The van der Waals surface area contributed by atoms with Gasteiger partial charge in [-0.05, 0) is 6.42 Å². The van der Waals surface area contributed by atoms with Crippen molar-refractivity contribution in [2.75, 3.05) is 6.61 Å². The van der Waals surface area contributed by atoms with Crippen LogP contribution in [0.15, 0.2) is 12.7 Å². The highest BCUT2D eigenvalue weighted by molar-refractivity contribution is 5.69. The maximum atomic E-state index is 11.2. The molecular weight excluding hydrogens is 260 g/mol. The number of hydrogen-bond acceptors (Lipinski definition) is 2. The van der Waals surface area contributed by atoms with Crippen molar-refractivity contribution in [1.29, 1.82) is 0 Å². The van der Waals surface area contributed by atoms with Crippen molar-refractivity contribution >= 4 is 5.97 Å². The minimum Gasteiger partial charge on any atom is -0.461 e. The fourth-order valence-corrected chi connectivity index (χ4v) is 2.51. The average Bonchev–Trinajstić information content (AvgIpc) is 2.49. The zero-order chi connectivity index (χ0) is 15.6. The van der Waals surface area contributed by atoms with E-state index in [0.717, 1.165) is 12.8 Å². The molecule has 124 valence electrons. The van der Waals surface area contributed by atoms with E-state index in [1.165, 1.54) is 70.6 Å². The summed E-state index contributed by atoms with van der Waals surface area (Å²) in [5, 5.41) is 0. The Bertz CT molecular complexity index is 236. The fraction of sp³-hybridized carbons (Fsp3) is 0.842. The van der Waals surface area contributed by atoms with Crippen LogP contribution in [0.2, 0.25) is 0 Å². The van der Waals surface area contributed by atoms with E-state index in [9.17, 15) is 4.79 Å². The lowest BCUT2D eigenvalue weighted by atomic mass is 10.0. The Morgan fingerprint density at radius 2 is 1.24 bits per heavy atom. The molecule has 0 rings (SSSR count). The van der Waals surface area contributed by atoms with Gasteiger partial charge in [0.1, 0.15) is 6.61 Å². The molecule has 0 unspecified atom stereocenters. The van der Waals surface area contributed by atoms with Crippen LogP contribution >= 0.6 is 0 Å². The largest absolute Gasteiger partial charge is 0.461 e. The van der Waals surface area contributed by atoms with Crippen LogP contribution < -0.4 is 0 Å². The minimum atomic E-state index is -0.0852. The highest BCUT2D eigenvalue weighted by Gasteiger charge is 2.00. The molecule has 0 aromatic heterocycles. The Morgan fingerprint density at radius 1 is 0.810 bits per heavy atom. The summed E-state index contributed by atoms with van der Waals surface area (Å²) in [4.78, 5) is 11.2. The molecule has 0 aliphatic heterocycles. The summed E-state index contributed by atoms with van der Waals surface area (Å²) in [5.41, 5.74) is 0. The van der Waals surface area contributed by atoms with Crippen LogP contribution in [-0.4, -0.2) is 12.6 Å². The van der Waals surface area contributed by atoms with Crippen molar-refractivity contribution in [2.45, 2.75) is 96.8 Å². The molecule has 0 radical (unpaired) electrons. The first-order chi connectivity index (χ1) is 10.3. The van der Waals surface area contributed by atoms with Gasteiger partial charge in [0.2, 0.25) is 0 Å². The smallest absolute Gasteiger partial charge is 0.306 e. The summed E-state index contributed by atoms with van der Waals surface area (Å²) in [5.74, 6) is -0.0852. The lowest BCUT2D eigenvalue weighted by Gasteiger charge is -2.03. The Kier molecular flexibility index (Phi) is 16.6. The van der Waals surface area contributed by atoms with Gasteiger partial charge in [-0.2, -0.15) is 0 Å². The number of rotatable bonds is 16. The van der Waals surface area contributed by atoms with E-state index in [4.69, 9.17) is 4.74 Å². The number of carbonyl (C=O) groups excluding carboxylic acids is 1. The van der Waals surface area contributed by atoms with Crippen molar-refractivity contribution in [2.24, 2.45) is 0 Å². The molecule has 21 heavy (non-hydrogen) atoms. The van der Waals surface area contributed by atoms with Crippen LogP contribution in [0.3, 0.4) is 0 Å². The first-order valence-electron chi connectivity index (χ1n) is 9.07. The van der Waals surface area contributed by atoms with Gasteiger partial charge in [0.25, 0.3) is 0 Å². The van der Waals surface area contributed by atoms with Gasteiger partial charge >= 0.3 is 5.97 Å². The summed E-state index contributed by atoms with van der Waals surface area (Å²) in [7, 11) is 0. The maximum absolute atomic E-state index is 11.2. The number of ether oxygens (including phenoxy) is 1. The minimum absolute atomic E-state index is 0.0852. The zero-order valence-electron chi connectivity index (χ0n) is 14.2. The Hall–Kier alpha value is -0.790. The van der Waals surface area contributed by atoms with Gasteiger partial charge in [-0.1, -0.05) is 96.6 Å². The van der Waals surface area contributed by atoms with E-state index in [1.54, 1.807) is 6.08 Å². The Balaban J connectivity index is 3.05. The molecule has 0 saturated heterocycles. The molecule has 0 spiro atoms. The molecule has 0 heterocycles. The van der Waals surface area contributed by atoms with E-state index in [0.29, 0.717) is 13.0 Å². The summed E-state index contributed by atoms with van der Waals surface area (Å²) in [6, 6.07) is 0. The molecule has 0 bridgehead atoms. The van der Waals surface area contributed by atoms with Crippen molar-refractivity contribution in [3.05, 3.63) is 12.7 Å². The first kappa shape index (κ1) is 20.2. The van der Waals surface area contributed by atoms with E-state index in [1.807, 2.05) is 0 Å². The first-order valence-corrected chi connectivity index (χ1v) is 9.07. The highest BCUT2D eigenvalue weighted by Crippen LogP contribution is 2.13. The topological polar surface area (TPSA) is 26.3 Å². The molecular formula is C19H36O2. The predicted octanol–water partition coefficient (Wildman–Crippen LogP) is 6.20. The summed E-state index contributed by atoms with van der Waals surface area (Å²) < 4.78 is 4.94. The Morgan fingerprint density at radius 3 is 1.67 bits per heavy atom. The third-order valence-electron chi connectivity index (χ3n) is 3.85. The molecule has 0 atom stereocenters. The monoisotopic (exact) mass is 296 g/mol.